The lowest BCUT2D eigenvalue weighted by molar-refractivity contribution is 0.674. The van der Waals surface area contributed by atoms with E-state index in [0.717, 1.165) is 24.9 Å². The van der Waals surface area contributed by atoms with Gasteiger partial charge in [-0.25, -0.2) is 0 Å². The fraction of sp³-hybridized carbons (Fsp3) is 0.500. The van der Waals surface area contributed by atoms with Crippen LogP contribution in [0.3, 0.4) is 0 Å². The molecule has 0 aliphatic heterocycles. The molecule has 0 spiro atoms. The van der Waals surface area contributed by atoms with Gasteiger partial charge in [0.1, 0.15) is 0 Å². The number of aromatic nitrogens is 1. The van der Waals surface area contributed by atoms with E-state index in [1.807, 2.05) is 12.3 Å². The van der Waals surface area contributed by atoms with Crippen LogP contribution in [0.25, 0.3) is 0 Å². The molecule has 1 aromatic heterocycles. The largest absolute Gasteiger partial charge is 0.398 e. The van der Waals surface area contributed by atoms with Crippen LogP contribution in [0, 0.1) is 0 Å². The quantitative estimate of drug-likeness (QED) is 0.678. The summed E-state index contributed by atoms with van der Waals surface area (Å²) in [5.74, 6) is 0.531. The van der Waals surface area contributed by atoms with Crippen molar-refractivity contribution >= 4 is 5.69 Å². The number of hydrogen-bond acceptors (Lipinski definition) is 3. The highest BCUT2D eigenvalue weighted by molar-refractivity contribution is 5.46. The summed E-state index contributed by atoms with van der Waals surface area (Å²) in [7, 11) is 0. The van der Waals surface area contributed by atoms with Crippen molar-refractivity contribution in [1.82, 2.24) is 4.98 Å². The fourth-order valence-corrected chi connectivity index (χ4v) is 2.06. The topological polar surface area (TPSA) is 64.9 Å². The molecule has 0 radical (unpaired) electrons. The van der Waals surface area contributed by atoms with Crippen molar-refractivity contribution in [2.75, 3.05) is 5.73 Å². The molecule has 0 aromatic carbocycles. The van der Waals surface area contributed by atoms with Crippen LogP contribution < -0.4 is 11.5 Å². The summed E-state index contributed by atoms with van der Waals surface area (Å²) in [5, 5.41) is 0. The molecule has 1 aliphatic carbocycles. The predicted octanol–water partition coefficient (Wildman–Crippen LogP) is 1.26. The van der Waals surface area contributed by atoms with Crippen LogP contribution in [0.4, 0.5) is 5.69 Å². The molecule has 1 heterocycles. The molecule has 2 atom stereocenters. The lowest BCUT2D eigenvalue weighted by Gasteiger charge is -2.11. The number of nitrogens with zero attached hydrogens (tertiary/aromatic N) is 1. The number of nitrogens with two attached hydrogens (primary N) is 2. The van der Waals surface area contributed by atoms with Crippen LogP contribution in [0.2, 0.25) is 0 Å². The van der Waals surface area contributed by atoms with Crippen LogP contribution >= 0.6 is 0 Å². The molecule has 70 valence electrons. The summed E-state index contributed by atoms with van der Waals surface area (Å²) in [6, 6.07) is 2.21. The standard InChI is InChI=1S/C10H15N3/c11-8-2-1-7(5-8)9-6-13-4-3-10(9)12/h3-4,6-8H,1-2,5,11H2,(H2,12,13). The molecule has 0 amide bonds. The van der Waals surface area contributed by atoms with Crippen LogP contribution in [0.5, 0.6) is 0 Å². The molecular formula is C10H15N3. The average molecular weight is 177 g/mol. The van der Waals surface area contributed by atoms with Gasteiger partial charge >= 0.3 is 0 Å². The lowest BCUT2D eigenvalue weighted by Crippen LogP contribution is -2.14. The van der Waals surface area contributed by atoms with Crippen LogP contribution in [0.1, 0.15) is 30.7 Å². The first-order valence-electron chi connectivity index (χ1n) is 4.72. The van der Waals surface area contributed by atoms with Crippen molar-refractivity contribution in [2.24, 2.45) is 5.73 Å². The van der Waals surface area contributed by atoms with E-state index in [9.17, 15) is 0 Å². The van der Waals surface area contributed by atoms with E-state index in [0.29, 0.717) is 12.0 Å². The van der Waals surface area contributed by atoms with Crippen LogP contribution in [-0.4, -0.2) is 11.0 Å². The summed E-state index contributed by atoms with van der Waals surface area (Å²) < 4.78 is 0. The van der Waals surface area contributed by atoms with Gasteiger partial charge in [-0.15, -0.1) is 0 Å². The third kappa shape index (κ3) is 1.65. The summed E-state index contributed by atoms with van der Waals surface area (Å²) in [5.41, 5.74) is 13.7. The zero-order valence-corrected chi connectivity index (χ0v) is 7.61. The molecule has 0 bridgehead atoms. The molecule has 1 fully saturated rings. The van der Waals surface area contributed by atoms with Crippen LogP contribution in [-0.2, 0) is 0 Å². The summed E-state index contributed by atoms with van der Waals surface area (Å²) in [6.45, 7) is 0. The molecule has 13 heavy (non-hydrogen) atoms. The maximum absolute atomic E-state index is 5.86. The summed E-state index contributed by atoms with van der Waals surface area (Å²) >= 11 is 0. The van der Waals surface area contributed by atoms with Crippen molar-refractivity contribution in [3.63, 3.8) is 0 Å². The highest BCUT2D eigenvalue weighted by Gasteiger charge is 2.24. The molecule has 0 saturated heterocycles. The van der Waals surface area contributed by atoms with Gasteiger partial charge in [-0.2, -0.15) is 0 Å². The van der Waals surface area contributed by atoms with Gasteiger partial charge in [0.2, 0.25) is 0 Å². The van der Waals surface area contributed by atoms with Gasteiger partial charge in [0.15, 0.2) is 0 Å². The number of rotatable bonds is 1. The highest BCUT2D eigenvalue weighted by atomic mass is 14.7. The second-order valence-electron chi connectivity index (χ2n) is 3.77. The fourth-order valence-electron chi connectivity index (χ4n) is 2.06. The zero-order valence-electron chi connectivity index (χ0n) is 7.61. The molecule has 2 rings (SSSR count). The Morgan fingerprint density at radius 3 is 2.85 bits per heavy atom. The Morgan fingerprint density at radius 2 is 2.23 bits per heavy atom. The smallest absolute Gasteiger partial charge is 0.0380 e. The van der Waals surface area contributed by atoms with Crippen molar-refractivity contribution in [3.8, 4) is 0 Å². The second kappa shape index (κ2) is 3.34. The molecule has 1 aromatic rings. The van der Waals surface area contributed by atoms with Gasteiger partial charge < -0.3 is 11.5 Å². The van der Waals surface area contributed by atoms with Crippen molar-refractivity contribution in [1.29, 1.82) is 0 Å². The predicted molar refractivity (Wildman–Crippen MR) is 53.2 cm³/mol. The second-order valence-corrected chi connectivity index (χ2v) is 3.77. The molecule has 2 unspecified atom stereocenters. The van der Waals surface area contributed by atoms with E-state index in [-0.39, 0.29) is 0 Å². The van der Waals surface area contributed by atoms with Gasteiger partial charge in [0.25, 0.3) is 0 Å². The number of anilines is 1. The molecule has 3 heteroatoms. The molecule has 1 saturated carbocycles. The minimum atomic E-state index is 0.351. The Bertz CT molecular complexity index is 298. The van der Waals surface area contributed by atoms with E-state index >= 15 is 0 Å². The first-order valence-corrected chi connectivity index (χ1v) is 4.72. The first kappa shape index (κ1) is 8.51. The summed E-state index contributed by atoms with van der Waals surface area (Å²) in [6.07, 6.45) is 6.91. The number of pyridine rings is 1. The summed E-state index contributed by atoms with van der Waals surface area (Å²) in [4.78, 5) is 4.09. The van der Waals surface area contributed by atoms with E-state index in [4.69, 9.17) is 11.5 Å². The van der Waals surface area contributed by atoms with Crippen molar-refractivity contribution in [2.45, 2.75) is 31.2 Å². The third-order valence-electron chi connectivity index (χ3n) is 2.80. The monoisotopic (exact) mass is 177 g/mol. The minimum absolute atomic E-state index is 0.351. The average Bonchev–Trinajstić information content (AvgIpc) is 2.53. The highest BCUT2D eigenvalue weighted by Crippen LogP contribution is 2.35. The number of hydrogen-bond donors (Lipinski definition) is 2. The van der Waals surface area contributed by atoms with E-state index in [1.165, 1.54) is 5.56 Å². The first-order chi connectivity index (χ1) is 6.27. The zero-order chi connectivity index (χ0) is 9.26. The minimum Gasteiger partial charge on any atom is -0.398 e. The normalized spacial score (nSPS) is 27.8. The maximum atomic E-state index is 5.86. The molecule has 1 aliphatic rings. The van der Waals surface area contributed by atoms with Crippen molar-refractivity contribution < 1.29 is 0 Å². The maximum Gasteiger partial charge on any atom is 0.0380 e. The van der Waals surface area contributed by atoms with Gasteiger partial charge in [0, 0.05) is 24.1 Å². The lowest BCUT2D eigenvalue weighted by atomic mass is 9.98. The van der Waals surface area contributed by atoms with Gasteiger partial charge in [-0.1, -0.05) is 0 Å². The van der Waals surface area contributed by atoms with Crippen molar-refractivity contribution in [3.05, 3.63) is 24.0 Å². The third-order valence-corrected chi connectivity index (χ3v) is 2.80. The van der Waals surface area contributed by atoms with Crippen LogP contribution in [0.15, 0.2) is 18.5 Å². The van der Waals surface area contributed by atoms with E-state index in [1.54, 1.807) is 6.20 Å². The Labute approximate surface area is 78.1 Å². The van der Waals surface area contributed by atoms with E-state index < -0.39 is 0 Å². The Kier molecular flexibility index (Phi) is 2.19. The number of nitrogen functional groups attached to an aromatic ring is 1. The van der Waals surface area contributed by atoms with Gasteiger partial charge in [-0.3, -0.25) is 4.98 Å². The SMILES string of the molecule is Nc1ccncc1C1CCC(N)C1. The molecule has 4 N–H and O–H groups in total. The van der Waals surface area contributed by atoms with E-state index in [2.05, 4.69) is 4.98 Å². The Balaban J connectivity index is 2.21. The Morgan fingerprint density at radius 1 is 1.38 bits per heavy atom. The van der Waals surface area contributed by atoms with Gasteiger partial charge in [-0.05, 0) is 36.8 Å². The molecular weight excluding hydrogens is 162 g/mol. The van der Waals surface area contributed by atoms with Gasteiger partial charge in [0.05, 0.1) is 0 Å². The molecule has 3 nitrogen and oxygen atoms in total. The Hall–Kier alpha value is -1.09.